The van der Waals surface area contributed by atoms with Crippen molar-refractivity contribution in [2.45, 2.75) is 134 Å². The second-order valence-electron chi connectivity index (χ2n) is 9.68. The third-order valence-corrected chi connectivity index (χ3v) is 6.64. The SMILES string of the molecule is O=C(O)CCCCCCCCCCCCCCCCCCC(=O)N[C@@H](CCC(=O)NCC(=O)I)C(=O)O. The lowest BCUT2D eigenvalue weighted by atomic mass is 10.0. The molecule has 1 atom stereocenters. The zero-order chi connectivity index (χ0) is 27.7. The number of aliphatic carboxylic acids is 2. The van der Waals surface area contributed by atoms with E-state index in [0.29, 0.717) is 6.42 Å². The number of carboxylic acid groups (broad SMARTS) is 2. The van der Waals surface area contributed by atoms with Crippen LogP contribution < -0.4 is 10.6 Å². The summed E-state index contributed by atoms with van der Waals surface area (Å²) in [5, 5.41) is 22.8. The highest BCUT2D eigenvalue weighted by molar-refractivity contribution is 14.1. The summed E-state index contributed by atoms with van der Waals surface area (Å²) < 4.78 is -0.212. The van der Waals surface area contributed by atoms with E-state index in [0.717, 1.165) is 44.9 Å². The first-order valence-electron chi connectivity index (χ1n) is 13.9. The van der Waals surface area contributed by atoms with Gasteiger partial charge in [0.2, 0.25) is 15.6 Å². The van der Waals surface area contributed by atoms with Gasteiger partial charge in [-0.05, 0) is 19.3 Å². The summed E-state index contributed by atoms with van der Waals surface area (Å²) in [5.41, 5.74) is 0. The average Bonchev–Trinajstić information content (AvgIpc) is 2.84. The molecule has 0 aliphatic rings. The molecule has 214 valence electrons. The lowest BCUT2D eigenvalue weighted by Crippen LogP contribution is -2.41. The second-order valence-corrected chi connectivity index (χ2v) is 10.9. The van der Waals surface area contributed by atoms with Gasteiger partial charge < -0.3 is 20.8 Å². The lowest BCUT2D eigenvalue weighted by molar-refractivity contribution is -0.142. The zero-order valence-electron chi connectivity index (χ0n) is 22.2. The predicted molar refractivity (Wildman–Crippen MR) is 152 cm³/mol. The van der Waals surface area contributed by atoms with Gasteiger partial charge in [0.05, 0.1) is 6.54 Å². The van der Waals surface area contributed by atoms with E-state index in [4.69, 9.17) is 5.11 Å². The van der Waals surface area contributed by atoms with E-state index in [2.05, 4.69) is 10.6 Å². The highest BCUT2D eigenvalue weighted by Crippen LogP contribution is 2.14. The number of hydrogen-bond acceptors (Lipinski definition) is 5. The molecule has 0 saturated heterocycles. The maximum absolute atomic E-state index is 12.1. The molecule has 37 heavy (non-hydrogen) atoms. The number of nitrogens with one attached hydrogen (secondary N) is 2. The largest absolute Gasteiger partial charge is 0.481 e. The smallest absolute Gasteiger partial charge is 0.326 e. The maximum Gasteiger partial charge on any atom is 0.326 e. The fourth-order valence-corrected chi connectivity index (χ4v) is 4.28. The second kappa shape index (κ2) is 24.6. The van der Waals surface area contributed by atoms with Crippen LogP contribution in [-0.2, 0) is 24.0 Å². The number of rotatable bonds is 26. The molecule has 10 heteroatoms. The monoisotopic (exact) mass is 638 g/mol. The molecule has 2 amide bonds. The minimum absolute atomic E-state index is 0.0154. The summed E-state index contributed by atoms with van der Waals surface area (Å²) in [7, 11) is 0. The predicted octanol–water partition coefficient (Wildman–Crippen LogP) is 5.52. The average molecular weight is 639 g/mol. The van der Waals surface area contributed by atoms with Crippen molar-refractivity contribution in [2.75, 3.05) is 6.54 Å². The molecule has 0 bridgehead atoms. The highest BCUT2D eigenvalue weighted by atomic mass is 127. The number of unbranched alkanes of at least 4 members (excludes halogenated alkanes) is 15. The lowest BCUT2D eigenvalue weighted by Gasteiger charge is -2.14. The van der Waals surface area contributed by atoms with Crippen LogP contribution in [0.25, 0.3) is 0 Å². The molecule has 0 heterocycles. The third kappa shape index (κ3) is 25.7. The van der Waals surface area contributed by atoms with Gasteiger partial charge >= 0.3 is 11.9 Å². The van der Waals surface area contributed by atoms with Crippen LogP contribution in [0.5, 0.6) is 0 Å². The number of hydrogen-bond donors (Lipinski definition) is 4. The van der Waals surface area contributed by atoms with E-state index in [1.54, 1.807) is 22.6 Å². The van der Waals surface area contributed by atoms with Crippen LogP contribution in [0.1, 0.15) is 128 Å². The molecular formula is C27H47IN2O7. The zero-order valence-corrected chi connectivity index (χ0v) is 24.4. The van der Waals surface area contributed by atoms with Gasteiger partial charge in [0.25, 0.3) is 0 Å². The van der Waals surface area contributed by atoms with Crippen molar-refractivity contribution in [2.24, 2.45) is 0 Å². The normalized spacial score (nSPS) is 11.6. The first-order chi connectivity index (χ1) is 17.7. The number of amides is 2. The first kappa shape index (κ1) is 35.3. The van der Waals surface area contributed by atoms with Crippen LogP contribution in [0.4, 0.5) is 0 Å². The van der Waals surface area contributed by atoms with E-state index in [9.17, 15) is 29.1 Å². The van der Waals surface area contributed by atoms with Gasteiger partial charge in [-0.1, -0.05) is 89.9 Å². The van der Waals surface area contributed by atoms with Crippen LogP contribution in [0.3, 0.4) is 0 Å². The van der Waals surface area contributed by atoms with Crippen molar-refractivity contribution >= 4 is 50.1 Å². The molecule has 0 unspecified atom stereocenters. The molecule has 0 rings (SSSR count). The molecule has 0 saturated carbocycles. The molecule has 0 aromatic carbocycles. The van der Waals surface area contributed by atoms with Gasteiger partial charge in [0.15, 0.2) is 0 Å². The molecule has 0 aromatic heterocycles. The molecule has 4 N–H and O–H groups in total. The molecule has 0 fully saturated rings. The minimum Gasteiger partial charge on any atom is -0.481 e. The van der Waals surface area contributed by atoms with E-state index in [1.807, 2.05) is 0 Å². The summed E-state index contributed by atoms with van der Waals surface area (Å²) in [4.78, 5) is 56.3. The highest BCUT2D eigenvalue weighted by Gasteiger charge is 2.20. The summed E-state index contributed by atoms with van der Waals surface area (Å²) in [6.45, 7) is -0.0929. The fraction of sp³-hybridized carbons (Fsp3) is 0.815. The Hall–Kier alpha value is -1.72. The van der Waals surface area contributed by atoms with Crippen LogP contribution in [0.15, 0.2) is 0 Å². The standard InChI is InChI=1S/C27H47IN2O7/c28-23(31)21-29-24(32)20-19-22(27(36)37)30-25(33)17-15-13-11-9-7-5-3-1-2-4-6-8-10-12-14-16-18-26(34)35/h22H,1-21H2,(H,29,32)(H,30,33)(H,34,35)(H,36,37)/t22-/m0/s1. The van der Waals surface area contributed by atoms with Gasteiger partial charge in [-0.15, -0.1) is 0 Å². The van der Waals surface area contributed by atoms with Crippen LogP contribution in [-0.4, -0.2) is 50.3 Å². The van der Waals surface area contributed by atoms with Gasteiger partial charge in [-0.3, -0.25) is 19.2 Å². The molecule has 0 aromatic rings. The van der Waals surface area contributed by atoms with Crippen molar-refractivity contribution < 1.29 is 34.2 Å². The van der Waals surface area contributed by atoms with Crippen LogP contribution in [0.2, 0.25) is 0 Å². The molecule has 0 radical (unpaired) electrons. The van der Waals surface area contributed by atoms with Crippen molar-refractivity contribution in [1.82, 2.24) is 10.6 Å². The number of carbonyl (C=O) groups excluding carboxylic acids is 3. The molecule has 0 aliphatic carbocycles. The fourth-order valence-electron chi connectivity index (χ4n) is 4.09. The van der Waals surface area contributed by atoms with E-state index in [1.165, 1.54) is 57.8 Å². The van der Waals surface area contributed by atoms with Crippen molar-refractivity contribution in [1.29, 1.82) is 0 Å². The van der Waals surface area contributed by atoms with Crippen molar-refractivity contribution in [3.8, 4) is 0 Å². The number of carboxylic acids is 2. The van der Waals surface area contributed by atoms with Gasteiger partial charge in [0, 0.05) is 41.9 Å². The number of carbonyl (C=O) groups is 5. The Morgan fingerprint density at radius 1 is 0.568 bits per heavy atom. The Morgan fingerprint density at radius 2 is 0.973 bits per heavy atom. The quantitative estimate of drug-likeness (QED) is 0.0554. The summed E-state index contributed by atoms with van der Waals surface area (Å²) in [6.07, 6.45) is 18.6. The van der Waals surface area contributed by atoms with Crippen molar-refractivity contribution in [3.05, 3.63) is 0 Å². The van der Waals surface area contributed by atoms with E-state index >= 15 is 0 Å². The number of halogens is 1. The van der Waals surface area contributed by atoms with Gasteiger partial charge in [-0.25, -0.2) is 4.79 Å². The summed E-state index contributed by atoms with van der Waals surface area (Å²) in [6, 6.07) is -1.11. The Balaban J connectivity index is 3.55. The summed E-state index contributed by atoms with van der Waals surface area (Å²) >= 11 is 1.57. The topological polar surface area (TPSA) is 150 Å². The molecular weight excluding hydrogens is 591 g/mol. The van der Waals surface area contributed by atoms with Crippen LogP contribution >= 0.6 is 22.6 Å². The summed E-state index contributed by atoms with van der Waals surface area (Å²) in [5.74, 6) is -2.59. The molecule has 0 aliphatic heterocycles. The Kier molecular flexibility index (Phi) is 23.5. The Labute approximate surface area is 235 Å². The van der Waals surface area contributed by atoms with Gasteiger partial charge in [-0.2, -0.15) is 0 Å². The molecule has 0 spiro atoms. The molecule has 9 nitrogen and oxygen atoms in total. The third-order valence-electron chi connectivity index (χ3n) is 6.26. The Bertz CT molecular complexity index is 673. The first-order valence-corrected chi connectivity index (χ1v) is 15.0. The maximum atomic E-state index is 12.1. The van der Waals surface area contributed by atoms with Crippen molar-refractivity contribution in [3.63, 3.8) is 0 Å². The van der Waals surface area contributed by atoms with E-state index in [-0.39, 0.29) is 35.5 Å². The minimum atomic E-state index is -1.17. The van der Waals surface area contributed by atoms with Gasteiger partial charge in [0.1, 0.15) is 6.04 Å². The van der Waals surface area contributed by atoms with E-state index < -0.39 is 23.9 Å². The Morgan fingerprint density at radius 3 is 1.35 bits per heavy atom. The van der Waals surface area contributed by atoms with Crippen LogP contribution in [0, 0.1) is 0 Å².